The third kappa shape index (κ3) is 4.21. The highest BCUT2D eigenvalue weighted by atomic mass is 15.3. The van der Waals surface area contributed by atoms with E-state index >= 15 is 0 Å². The molecule has 0 amide bonds. The van der Waals surface area contributed by atoms with Gasteiger partial charge in [-0.2, -0.15) is 0 Å². The van der Waals surface area contributed by atoms with Crippen molar-refractivity contribution in [1.29, 1.82) is 0 Å². The number of nitrogens with one attached hydrogen (secondary N) is 1. The number of hydrogen-bond donors (Lipinski definition) is 1. The molecule has 3 nitrogen and oxygen atoms in total. The predicted molar refractivity (Wildman–Crippen MR) is 92.3 cm³/mol. The Bertz CT molecular complexity index is 436. The maximum absolute atomic E-state index is 3.43. The van der Waals surface area contributed by atoms with Gasteiger partial charge < -0.3 is 10.2 Å². The molecule has 0 bridgehead atoms. The van der Waals surface area contributed by atoms with E-state index < -0.39 is 0 Å². The van der Waals surface area contributed by atoms with Crippen LogP contribution in [0.2, 0.25) is 0 Å². The van der Waals surface area contributed by atoms with Crippen LogP contribution < -0.4 is 10.2 Å². The Balaban J connectivity index is 1.87. The maximum atomic E-state index is 3.43. The van der Waals surface area contributed by atoms with E-state index in [1.54, 1.807) is 0 Å². The van der Waals surface area contributed by atoms with E-state index in [2.05, 4.69) is 61.0 Å². The monoisotopic (exact) mass is 289 g/mol. The van der Waals surface area contributed by atoms with E-state index in [9.17, 15) is 0 Å². The summed E-state index contributed by atoms with van der Waals surface area (Å²) in [4.78, 5) is 5.19. The van der Waals surface area contributed by atoms with Gasteiger partial charge in [-0.15, -0.1) is 0 Å². The van der Waals surface area contributed by atoms with Crippen molar-refractivity contribution in [3.63, 3.8) is 0 Å². The molecule has 1 aromatic rings. The van der Waals surface area contributed by atoms with Crippen molar-refractivity contribution in [2.45, 2.75) is 40.2 Å². The molecule has 0 spiro atoms. The molecule has 1 aromatic carbocycles. The Morgan fingerprint density at radius 3 is 2.52 bits per heavy atom. The summed E-state index contributed by atoms with van der Waals surface area (Å²) >= 11 is 0. The van der Waals surface area contributed by atoms with E-state index in [0.29, 0.717) is 6.04 Å². The number of rotatable bonds is 6. The molecule has 1 fully saturated rings. The topological polar surface area (TPSA) is 18.5 Å². The smallest absolute Gasteiger partial charge is 0.0399 e. The standard InChI is InChI=1S/C18H31N3/c1-5-19-10-9-16(3)20-11-13-21(14-12-20)18-8-6-7-15(2)17(18)4/h6-8,16,19H,5,9-14H2,1-4H3. The van der Waals surface area contributed by atoms with Crippen LogP contribution in [0, 0.1) is 13.8 Å². The molecular weight excluding hydrogens is 258 g/mol. The van der Waals surface area contributed by atoms with E-state index in [4.69, 9.17) is 0 Å². The van der Waals surface area contributed by atoms with Crippen LogP contribution in [0.3, 0.4) is 0 Å². The average Bonchev–Trinajstić information content (AvgIpc) is 2.50. The van der Waals surface area contributed by atoms with Crippen LogP contribution in [-0.4, -0.2) is 50.2 Å². The van der Waals surface area contributed by atoms with E-state index in [1.165, 1.54) is 36.3 Å². The van der Waals surface area contributed by atoms with Crippen molar-refractivity contribution >= 4 is 5.69 Å². The van der Waals surface area contributed by atoms with Crippen LogP contribution in [0.4, 0.5) is 5.69 Å². The first kappa shape index (κ1) is 16.3. The SMILES string of the molecule is CCNCCC(C)N1CCN(c2cccc(C)c2C)CC1. The van der Waals surface area contributed by atoms with Gasteiger partial charge in [-0.1, -0.05) is 19.1 Å². The lowest BCUT2D eigenvalue weighted by atomic mass is 10.1. The summed E-state index contributed by atoms with van der Waals surface area (Å²) in [6.07, 6.45) is 1.25. The molecule has 1 unspecified atom stereocenters. The summed E-state index contributed by atoms with van der Waals surface area (Å²) in [5.41, 5.74) is 4.26. The fraction of sp³-hybridized carbons (Fsp3) is 0.667. The second-order valence-corrected chi connectivity index (χ2v) is 6.23. The molecule has 0 aliphatic carbocycles. The normalized spacial score (nSPS) is 18.0. The molecular formula is C18H31N3. The molecule has 21 heavy (non-hydrogen) atoms. The molecule has 3 heteroatoms. The lowest BCUT2D eigenvalue weighted by Gasteiger charge is -2.40. The second-order valence-electron chi connectivity index (χ2n) is 6.23. The van der Waals surface area contributed by atoms with E-state index in [1.807, 2.05) is 0 Å². The Morgan fingerprint density at radius 2 is 1.86 bits per heavy atom. The van der Waals surface area contributed by atoms with Crippen LogP contribution in [-0.2, 0) is 0 Å². The molecule has 1 heterocycles. The minimum atomic E-state index is 0.685. The van der Waals surface area contributed by atoms with Gasteiger partial charge in [-0.25, -0.2) is 0 Å². The van der Waals surface area contributed by atoms with Crippen LogP contribution in [0.1, 0.15) is 31.4 Å². The zero-order chi connectivity index (χ0) is 15.2. The van der Waals surface area contributed by atoms with Crippen molar-refractivity contribution in [3.05, 3.63) is 29.3 Å². The number of aryl methyl sites for hydroxylation is 1. The highest BCUT2D eigenvalue weighted by Crippen LogP contribution is 2.24. The molecule has 0 saturated carbocycles. The lowest BCUT2D eigenvalue weighted by molar-refractivity contribution is 0.188. The number of hydrogen-bond acceptors (Lipinski definition) is 3. The largest absolute Gasteiger partial charge is 0.369 e. The minimum absolute atomic E-state index is 0.685. The van der Waals surface area contributed by atoms with Crippen LogP contribution in [0.25, 0.3) is 0 Å². The Morgan fingerprint density at radius 1 is 1.14 bits per heavy atom. The minimum Gasteiger partial charge on any atom is -0.369 e. The third-order valence-corrected chi connectivity index (χ3v) is 4.84. The number of piperazine rings is 1. The van der Waals surface area contributed by atoms with Crippen molar-refractivity contribution < 1.29 is 0 Å². The number of benzene rings is 1. The number of anilines is 1. The molecule has 1 saturated heterocycles. The van der Waals surface area contributed by atoms with Gasteiger partial charge in [0.15, 0.2) is 0 Å². The van der Waals surface area contributed by atoms with Gasteiger partial charge in [-0.3, -0.25) is 4.90 Å². The first-order chi connectivity index (χ1) is 10.1. The van der Waals surface area contributed by atoms with Crippen LogP contribution in [0.15, 0.2) is 18.2 Å². The van der Waals surface area contributed by atoms with Gasteiger partial charge in [0, 0.05) is 37.9 Å². The highest BCUT2D eigenvalue weighted by molar-refractivity contribution is 5.56. The quantitative estimate of drug-likeness (QED) is 0.813. The maximum Gasteiger partial charge on any atom is 0.0399 e. The molecule has 0 aromatic heterocycles. The van der Waals surface area contributed by atoms with Gasteiger partial charge in [0.2, 0.25) is 0 Å². The zero-order valence-electron chi connectivity index (χ0n) is 14.2. The summed E-state index contributed by atoms with van der Waals surface area (Å²) in [5, 5.41) is 3.43. The van der Waals surface area contributed by atoms with Gasteiger partial charge >= 0.3 is 0 Å². The van der Waals surface area contributed by atoms with Crippen LogP contribution >= 0.6 is 0 Å². The first-order valence-corrected chi connectivity index (χ1v) is 8.39. The third-order valence-electron chi connectivity index (χ3n) is 4.84. The molecule has 1 N–H and O–H groups in total. The van der Waals surface area contributed by atoms with Gasteiger partial charge in [0.05, 0.1) is 0 Å². The summed E-state index contributed by atoms with van der Waals surface area (Å²) in [5.74, 6) is 0. The molecule has 1 aliphatic rings. The average molecular weight is 289 g/mol. The van der Waals surface area contributed by atoms with Gasteiger partial charge in [-0.05, 0) is 57.5 Å². The second kappa shape index (κ2) is 7.81. The molecule has 0 radical (unpaired) electrons. The van der Waals surface area contributed by atoms with Crippen molar-refractivity contribution in [2.24, 2.45) is 0 Å². The summed E-state index contributed by atoms with van der Waals surface area (Å²) in [6, 6.07) is 7.35. The van der Waals surface area contributed by atoms with E-state index in [0.717, 1.165) is 26.2 Å². The highest BCUT2D eigenvalue weighted by Gasteiger charge is 2.21. The summed E-state index contributed by atoms with van der Waals surface area (Å²) in [6.45, 7) is 15.9. The summed E-state index contributed by atoms with van der Waals surface area (Å²) < 4.78 is 0. The molecule has 1 aliphatic heterocycles. The van der Waals surface area contributed by atoms with Crippen molar-refractivity contribution in [1.82, 2.24) is 10.2 Å². The van der Waals surface area contributed by atoms with Gasteiger partial charge in [0.1, 0.15) is 0 Å². The molecule has 118 valence electrons. The van der Waals surface area contributed by atoms with Crippen molar-refractivity contribution in [2.75, 3.05) is 44.2 Å². The first-order valence-electron chi connectivity index (χ1n) is 8.39. The lowest BCUT2D eigenvalue weighted by Crippen LogP contribution is -2.50. The van der Waals surface area contributed by atoms with Crippen LogP contribution in [0.5, 0.6) is 0 Å². The van der Waals surface area contributed by atoms with E-state index in [-0.39, 0.29) is 0 Å². The number of nitrogens with zero attached hydrogens (tertiary/aromatic N) is 2. The Kier molecular flexibility index (Phi) is 6.07. The molecule has 2 rings (SSSR count). The predicted octanol–water partition coefficient (Wildman–Crippen LogP) is 2.81. The summed E-state index contributed by atoms with van der Waals surface area (Å²) in [7, 11) is 0. The fourth-order valence-electron chi connectivity index (χ4n) is 3.15. The molecule has 1 atom stereocenters. The Labute approximate surface area is 130 Å². The van der Waals surface area contributed by atoms with Gasteiger partial charge in [0.25, 0.3) is 0 Å². The fourth-order valence-corrected chi connectivity index (χ4v) is 3.15. The Hall–Kier alpha value is -1.06. The van der Waals surface area contributed by atoms with Crippen molar-refractivity contribution in [3.8, 4) is 0 Å². The zero-order valence-corrected chi connectivity index (χ0v) is 14.2.